The van der Waals surface area contributed by atoms with E-state index in [1.165, 1.54) is 0 Å². The van der Waals surface area contributed by atoms with Gasteiger partial charge in [-0.3, -0.25) is 14.8 Å². The van der Waals surface area contributed by atoms with Gasteiger partial charge in [0.2, 0.25) is 0 Å². The van der Waals surface area contributed by atoms with E-state index in [1.54, 1.807) is 30.6 Å². The molecule has 2 aromatic rings. The molecule has 1 amide bonds. The summed E-state index contributed by atoms with van der Waals surface area (Å²) in [7, 11) is 0. The number of nitrogens with one attached hydrogen (secondary N) is 1. The maximum Gasteiger partial charge on any atom is 0.251 e. The Bertz CT molecular complexity index is 626. The maximum atomic E-state index is 12.2. The Labute approximate surface area is 124 Å². The van der Waals surface area contributed by atoms with Crippen LogP contribution in [0.15, 0.2) is 30.6 Å². The Morgan fingerprint density at radius 1 is 1.24 bits per heavy atom. The predicted octanol–water partition coefficient (Wildman–Crippen LogP) is 2.16. The lowest BCUT2D eigenvalue weighted by molar-refractivity contribution is 0.0933. The molecule has 0 aliphatic rings. The molecule has 1 heterocycles. The number of hydrogen-bond acceptors (Lipinski definition) is 4. The molecule has 1 aromatic heterocycles. The smallest absolute Gasteiger partial charge is 0.251 e. The average Bonchev–Trinajstić information content (AvgIpc) is 2.50. The van der Waals surface area contributed by atoms with Crippen molar-refractivity contribution in [1.82, 2.24) is 15.3 Å². The van der Waals surface area contributed by atoms with Crippen LogP contribution in [0.3, 0.4) is 0 Å². The Balaban J connectivity index is 2.02. The van der Waals surface area contributed by atoms with Gasteiger partial charge in [-0.05, 0) is 36.5 Å². The fourth-order valence-electron chi connectivity index (χ4n) is 2.17. The number of aliphatic hydroxyl groups excluding tert-OH is 1. The summed E-state index contributed by atoms with van der Waals surface area (Å²) in [5, 5.41) is 11.8. The predicted molar refractivity (Wildman–Crippen MR) is 82.0 cm³/mol. The molecule has 2 N–H and O–H groups in total. The minimum atomic E-state index is -0.111. The summed E-state index contributed by atoms with van der Waals surface area (Å²) in [4.78, 5) is 20.6. The van der Waals surface area contributed by atoms with Crippen LogP contribution in [0.1, 0.15) is 37.0 Å². The number of aromatic nitrogens is 2. The van der Waals surface area contributed by atoms with Crippen molar-refractivity contribution >= 4 is 16.9 Å². The van der Waals surface area contributed by atoms with Crippen molar-refractivity contribution < 1.29 is 9.90 Å². The van der Waals surface area contributed by atoms with Crippen LogP contribution < -0.4 is 5.32 Å². The second kappa shape index (κ2) is 6.63. The number of hydrogen-bond donors (Lipinski definition) is 2. The van der Waals surface area contributed by atoms with Gasteiger partial charge in [0, 0.05) is 31.1 Å². The first-order valence-electron chi connectivity index (χ1n) is 7.12. The van der Waals surface area contributed by atoms with Gasteiger partial charge in [0.25, 0.3) is 5.91 Å². The fourth-order valence-corrected chi connectivity index (χ4v) is 2.17. The fraction of sp³-hybridized carbons (Fsp3) is 0.438. The van der Waals surface area contributed by atoms with Crippen molar-refractivity contribution in [2.45, 2.75) is 26.7 Å². The van der Waals surface area contributed by atoms with Gasteiger partial charge in [-0.1, -0.05) is 13.8 Å². The molecule has 0 fully saturated rings. The van der Waals surface area contributed by atoms with Gasteiger partial charge in [-0.2, -0.15) is 0 Å². The van der Waals surface area contributed by atoms with Crippen LogP contribution in [-0.4, -0.2) is 34.1 Å². The van der Waals surface area contributed by atoms with Gasteiger partial charge in [0.15, 0.2) is 0 Å². The molecule has 0 aliphatic carbocycles. The highest BCUT2D eigenvalue weighted by atomic mass is 16.2. The molecule has 112 valence electrons. The first kappa shape index (κ1) is 15.4. The molecule has 0 spiro atoms. The number of carbonyl (C=O) groups is 1. The molecule has 0 aliphatic heterocycles. The van der Waals surface area contributed by atoms with Crippen molar-refractivity contribution in [3.63, 3.8) is 0 Å². The summed E-state index contributed by atoms with van der Waals surface area (Å²) in [6.07, 6.45) is 4.86. The van der Waals surface area contributed by atoms with E-state index in [1.807, 2.05) is 0 Å². The molecule has 21 heavy (non-hydrogen) atoms. The lowest BCUT2D eigenvalue weighted by atomic mass is 9.88. The van der Waals surface area contributed by atoms with Crippen molar-refractivity contribution in [2.24, 2.45) is 5.41 Å². The monoisotopic (exact) mass is 287 g/mol. The van der Waals surface area contributed by atoms with E-state index < -0.39 is 0 Å². The van der Waals surface area contributed by atoms with Crippen molar-refractivity contribution in [1.29, 1.82) is 0 Å². The van der Waals surface area contributed by atoms with Crippen LogP contribution in [0.25, 0.3) is 11.0 Å². The second-order valence-corrected chi connectivity index (χ2v) is 5.93. The highest BCUT2D eigenvalue weighted by molar-refractivity contribution is 5.97. The first-order valence-corrected chi connectivity index (χ1v) is 7.12. The van der Waals surface area contributed by atoms with Gasteiger partial charge in [-0.15, -0.1) is 0 Å². The van der Waals surface area contributed by atoms with Gasteiger partial charge in [0.1, 0.15) is 0 Å². The molecule has 0 radical (unpaired) electrons. The van der Waals surface area contributed by atoms with E-state index >= 15 is 0 Å². The number of fused-ring (bicyclic) bond motifs is 1. The molecule has 5 nitrogen and oxygen atoms in total. The van der Waals surface area contributed by atoms with Crippen LogP contribution >= 0.6 is 0 Å². The molecule has 1 aromatic carbocycles. The SMILES string of the molecule is CC(C)(CCCO)CNC(=O)c1ccc2nccnc2c1. The Morgan fingerprint density at radius 3 is 2.67 bits per heavy atom. The zero-order valence-electron chi connectivity index (χ0n) is 12.5. The summed E-state index contributed by atoms with van der Waals surface area (Å²) in [5.74, 6) is -0.111. The summed E-state index contributed by atoms with van der Waals surface area (Å²) in [6.45, 7) is 4.91. The molecular weight excluding hydrogens is 266 g/mol. The Hall–Kier alpha value is -2.01. The standard InChI is InChI=1S/C16H21N3O2/c1-16(2,6-3-9-20)11-19-15(21)12-4-5-13-14(10-12)18-8-7-17-13/h4-5,7-8,10,20H,3,6,9,11H2,1-2H3,(H,19,21). The largest absolute Gasteiger partial charge is 0.396 e. The normalized spacial score (nSPS) is 11.6. The summed E-state index contributed by atoms with van der Waals surface area (Å²) in [5.41, 5.74) is 2.04. The quantitative estimate of drug-likeness (QED) is 0.853. The minimum Gasteiger partial charge on any atom is -0.396 e. The van der Waals surface area contributed by atoms with Crippen molar-refractivity contribution in [3.8, 4) is 0 Å². The third kappa shape index (κ3) is 4.23. The molecule has 0 saturated carbocycles. The zero-order chi connectivity index (χ0) is 15.3. The van der Waals surface area contributed by atoms with E-state index in [2.05, 4.69) is 29.1 Å². The highest BCUT2D eigenvalue weighted by Crippen LogP contribution is 2.21. The van der Waals surface area contributed by atoms with Crippen LogP contribution in [0.5, 0.6) is 0 Å². The second-order valence-electron chi connectivity index (χ2n) is 5.93. The van der Waals surface area contributed by atoms with E-state index in [0.29, 0.717) is 17.6 Å². The molecule has 5 heteroatoms. The van der Waals surface area contributed by atoms with Gasteiger partial charge in [0.05, 0.1) is 11.0 Å². The third-order valence-corrected chi connectivity index (χ3v) is 3.47. The topological polar surface area (TPSA) is 75.1 Å². The maximum absolute atomic E-state index is 12.2. The van der Waals surface area contributed by atoms with Gasteiger partial charge in [-0.25, -0.2) is 0 Å². The summed E-state index contributed by atoms with van der Waals surface area (Å²) in [6, 6.07) is 5.31. The number of rotatable bonds is 6. The van der Waals surface area contributed by atoms with E-state index in [-0.39, 0.29) is 17.9 Å². The van der Waals surface area contributed by atoms with Crippen molar-refractivity contribution in [2.75, 3.05) is 13.2 Å². The molecule has 0 unspecified atom stereocenters. The first-order chi connectivity index (χ1) is 10.0. The average molecular weight is 287 g/mol. The van der Waals surface area contributed by atoms with E-state index in [9.17, 15) is 4.79 Å². The Kier molecular flexibility index (Phi) is 4.85. The van der Waals surface area contributed by atoms with Crippen molar-refractivity contribution in [3.05, 3.63) is 36.2 Å². The zero-order valence-corrected chi connectivity index (χ0v) is 12.5. The molecule has 0 atom stereocenters. The van der Waals surface area contributed by atoms with Crippen LogP contribution in [0.4, 0.5) is 0 Å². The number of nitrogens with zero attached hydrogens (tertiary/aromatic N) is 2. The lowest BCUT2D eigenvalue weighted by Crippen LogP contribution is -2.34. The van der Waals surface area contributed by atoms with E-state index in [0.717, 1.165) is 18.4 Å². The number of carbonyl (C=O) groups excluding carboxylic acids is 1. The van der Waals surface area contributed by atoms with Crippen LogP contribution in [0, 0.1) is 5.41 Å². The van der Waals surface area contributed by atoms with Gasteiger partial charge < -0.3 is 10.4 Å². The number of amides is 1. The minimum absolute atomic E-state index is 0.0327. The molecule has 0 bridgehead atoms. The lowest BCUT2D eigenvalue weighted by Gasteiger charge is -2.24. The molecular formula is C16H21N3O2. The number of benzene rings is 1. The summed E-state index contributed by atoms with van der Waals surface area (Å²) >= 11 is 0. The van der Waals surface area contributed by atoms with Gasteiger partial charge >= 0.3 is 0 Å². The molecule has 2 rings (SSSR count). The summed E-state index contributed by atoms with van der Waals surface area (Å²) < 4.78 is 0. The highest BCUT2D eigenvalue weighted by Gasteiger charge is 2.18. The van der Waals surface area contributed by atoms with Crippen LogP contribution in [-0.2, 0) is 0 Å². The Morgan fingerprint density at radius 2 is 1.95 bits per heavy atom. The van der Waals surface area contributed by atoms with E-state index in [4.69, 9.17) is 5.11 Å². The molecule has 0 saturated heterocycles. The van der Waals surface area contributed by atoms with Crippen LogP contribution in [0.2, 0.25) is 0 Å². The third-order valence-electron chi connectivity index (χ3n) is 3.47. The number of aliphatic hydroxyl groups is 1.